The molecule has 0 saturated heterocycles. The molecule has 0 aliphatic carbocycles. The van der Waals surface area contributed by atoms with E-state index in [1.165, 1.54) is 14.2 Å². The molecule has 0 aromatic heterocycles. The molecule has 94 valence electrons. The quantitative estimate of drug-likeness (QED) is 0.882. The topological polar surface area (TPSA) is 55.8 Å². The average Bonchev–Trinajstić information content (AvgIpc) is 2.27. The minimum absolute atomic E-state index is 0.343. The second-order valence-corrected chi connectivity index (χ2v) is 4.18. The van der Waals surface area contributed by atoms with Crippen LogP contribution in [-0.4, -0.2) is 25.3 Å². The number of hydrogen-bond donors (Lipinski definition) is 1. The maximum atomic E-state index is 10.8. The zero-order valence-electron chi connectivity index (χ0n) is 9.99. The molecule has 17 heavy (non-hydrogen) atoms. The molecule has 0 aliphatic heterocycles. The summed E-state index contributed by atoms with van der Waals surface area (Å²) in [6, 6.07) is 3.33. The van der Waals surface area contributed by atoms with E-state index in [1.54, 1.807) is 19.1 Å². The smallest absolute Gasteiger partial charge is 0.306 e. The molecule has 0 saturated carbocycles. The summed E-state index contributed by atoms with van der Waals surface area (Å²) in [7, 11) is 3.03. The molecule has 4 nitrogen and oxygen atoms in total. The van der Waals surface area contributed by atoms with E-state index in [-0.39, 0.29) is 0 Å². The minimum Gasteiger partial charge on any atom is -0.493 e. The van der Waals surface area contributed by atoms with E-state index in [4.69, 9.17) is 26.2 Å². The van der Waals surface area contributed by atoms with Crippen LogP contribution in [-0.2, 0) is 11.2 Å². The van der Waals surface area contributed by atoms with Crippen LogP contribution < -0.4 is 9.47 Å². The first-order valence-electron chi connectivity index (χ1n) is 5.12. The van der Waals surface area contributed by atoms with Crippen molar-refractivity contribution >= 4 is 17.6 Å². The lowest BCUT2D eigenvalue weighted by Gasteiger charge is -2.14. The predicted molar refractivity (Wildman–Crippen MR) is 65.1 cm³/mol. The normalized spacial score (nSPS) is 12.0. The van der Waals surface area contributed by atoms with Crippen molar-refractivity contribution in [1.82, 2.24) is 0 Å². The number of rotatable bonds is 5. The van der Waals surface area contributed by atoms with Crippen molar-refractivity contribution in [2.75, 3.05) is 14.2 Å². The molecule has 5 heteroatoms. The number of halogens is 1. The highest BCUT2D eigenvalue weighted by molar-refractivity contribution is 6.30. The fraction of sp³-hybridized carbons (Fsp3) is 0.417. The molecule has 0 bridgehead atoms. The fourth-order valence-corrected chi connectivity index (χ4v) is 1.81. The molecule has 0 fully saturated rings. The lowest BCUT2D eigenvalue weighted by molar-refractivity contribution is -0.141. The van der Waals surface area contributed by atoms with Crippen LogP contribution in [0.3, 0.4) is 0 Å². The Morgan fingerprint density at radius 3 is 2.53 bits per heavy atom. The second-order valence-electron chi connectivity index (χ2n) is 3.74. The zero-order chi connectivity index (χ0) is 13.0. The van der Waals surface area contributed by atoms with E-state index < -0.39 is 11.9 Å². The Morgan fingerprint density at radius 2 is 2.06 bits per heavy atom. The third-order valence-corrected chi connectivity index (χ3v) is 2.69. The van der Waals surface area contributed by atoms with Crippen LogP contribution in [0.5, 0.6) is 11.5 Å². The molecular weight excluding hydrogens is 244 g/mol. The lowest BCUT2D eigenvalue weighted by atomic mass is 10.00. The summed E-state index contributed by atoms with van der Waals surface area (Å²) < 4.78 is 10.4. The Morgan fingerprint density at radius 1 is 1.41 bits per heavy atom. The van der Waals surface area contributed by atoms with E-state index in [9.17, 15) is 4.79 Å². The second kappa shape index (κ2) is 5.77. The molecule has 0 aliphatic rings. The molecule has 1 unspecified atom stereocenters. The van der Waals surface area contributed by atoms with E-state index >= 15 is 0 Å². The molecular formula is C12H15ClO4. The summed E-state index contributed by atoms with van der Waals surface area (Å²) in [4.78, 5) is 10.8. The van der Waals surface area contributed by atoms with Gasteiger partial charge in [-0.05, 0) is 12.5 Å². The maximum Gasteiger partial charge on any atom is 0.306 e. The minimum atomic E-state index is -0.856. The number of carboxylic acids is 1. The number of aliphatic carboxylic acids is 1. The Hall–Kier alpha value is -1.42. The number of methoxy groups -OCH3 is 2. The van der Waals surface area contributed by atoms with Gasteiger partial charge in [0, 0.05) is 16.7 Å². The average molecular weight is 259 g/mol. The van der Waals surface area contributed by atoms with Gasteiger partial charge in [0.2, 0.25) is 0 Å². The first-order chi connectivity index (χ1) is 7.99. The van der Waals surface area contributed by atoms with Crippen LogP contribution in [0.4, 0.5) is 0 Å². The van der Waals surface area contributed by atoms with Crippen molar-refractivity contribution in [1.29, 1.82) is 0 Å². The molecule has 1 atom stereocenters. The monoisotopic (exact) mass is 258 g/mol. The van der Waals surface area contributed by atoms with Crippen LogP contribution in [0.1, 0.15) is 12.5 Å². The predicted octanol–water partition coefficient (Wildman–Crippen LogP) is 2.62. The molecule has 1 aromatic carbocycles. The molecule has 0 heterocycles. The fourth-order valence-electron chi connectivity index (χ4n) is 1.57. The first-order valence-corrected chi connectivity index (χ1v) is 5.50. The van der Waals surface area contributed by atoms with Crippen molar-refractivity contribution in [3.05, 3.63) is 22.7 Å². The number of ether oxygens (including phenoxy) is 2. The summed E-state index contributed by atoms with van der Waals surface area (Å²) in [6.07, 6.45) is 0.343. The van der Waals surface area contributed by atoms with Gasteiger partial charge in [-0.1, -0.05) is 18.5 Å². The van der Waals surface area contributed by atoms with Gasteiger partial charge in [0.1, 0.15) is 0 Å². The summed E-state index contributed by atoms with van der Waals surface area (Å²) in [5, 5.41) is 9.39. The highest BCUT2D eigenvalue weighted by atomic mass is 35.5. The SMILES string of the molecule is COc1cc(Cl)cc(CC(C)C(=O)O)c1OC. The largest absolute Gasteiger partial charge is 0.493 e. The van der Waals surface area contributed by atoms with Gasteiger partial charge in [0.15, 0.2) is 11.5 Å². The first kappa shape index (κ1) is 13.6. The summed E-state index contributed by atoms with van der Waals surface area (Å²) in [5.74, 6) is -0.323. The van der Waals surface area contributed by atoms with E-state index in [1.807, 2.05) is 0 Å². The van der Waals surface area contributed by atoms with Crippen LogP contribution >= 0.6 is 11.6 Å². The number of hydrogen-bond acceptors (Lipinski definition) is 3. The molecule has 0 spiro atoms. The standard InChI is InChI=1S/C12H15ClO4/c1-7(12(14)15)4-8-5-9(13)6-10(16-2)11(8)17-3/h5-7H,4H2,1-3H3,(H,14,15). The van der Waals surface area contributed by atoms with Crippen molar-refractivity contribution in [2.24, 2.45) is 5.92 Å². The van der Waals surface area contributed by atoms with Gasteiger partial charge in [0.25, 0.3) is 0 Å². The van der Waals surface area contributed by atoms with Gasteiger partial charge < -0.3 is 14.6 Å². The molecule has 1 aromatic rings. The van der Waals surface area contributed by atoms with E-state index in [2.05, 4.69) is 0 Å². The molecule has 0 amide bonds. The summed E-state index contributed by atoms with van der Waals surface area (Å²) >= 11 is 5.94. The van der Waals surface area contributed by atoms with Crippen LogP contribution in [0.2, 0.25) is 5.02 Å². The zero-order valence-corrected chi connectivity index (χ0v) is 10.7. The van der Waals surface area contributed by atoms with Crippen molar-refractivity contribution < 1.29 is 19.4 Å². The Balaban J connectivity index is 3.12. The van der Waals surface area contributed by atoms with Gasteiger partial charge in [0.05, 0.1) is 20.1 Å². The molecule has 1 N–H and O–H groups in total. The third-order valence-electron chi connectivity index (χ3n) is 2.47. The van der Waals surface area contributed by atoms with Gasteiger partial charge in [-0.25, -0.2) is 0 Å². The highest BCUT2D eigenvalue weighted by Gasteiger charge is 2.18. The van der Waals surface area contributed by atoms with Crippen LogP contribution in [0.25, 0.3) is 0 Å². The van der Waals surface area contributed by atoms with Gasteiger partial charge in [-0.15, -0.1) is 0 Å². The van der Waals surface area contributed by atoms with Crippen LogP contribution in [0, 0.1) is 5.92 Å². The van der Waals surface area contributed by atoms with Crippen LogP contribution in [0.15, 0.2) is 12.1 Å². The Kier molecular flexibility index (Phi) is 4.63. The van der Waals surface area contributed by atoms with Crippen molar-refractivity contribution in [2.45, 2.75) is 13.3 Å². The van der Waals surface area contributed by atoms with Crippen molar-refractivity contribution in [3.8, 4) is 11.5 Å². The maximum absolute atomic E-state index is 10.8. The summed E-state index contributed by atoms with van der Waals surface area (Å²) in [6.45, 7) is 1.63. The third kappa shape index (κ3) is 3.27. The van der Waals surface area contributed by atoms with E-state index in [0.717, 1.165) is 5.56 Å². The number of carboxylic acid groups (broad SMARTS) is 1. The number of carbonyl (C=O) groups is 1. The van der Waals surface area contributed by atoms with Gasteiger partial charge >= 0.3 is 5.97 Å². The molecule has 0 radical (unpaired) electrons. The molecule has 1 rings (SSSR count). The van der Waals surface area contributed by atoms with Gasteiger partial charge in [-0.3, -0.25) is 4.79 Å². The Labute approximate surface area is 105 Å². The van der Waals surface area contributed by atoms with Gasteiger partial charge in [-0.2, -0.15) is 0 Å². The Bertz CT molecular complexity index is 417. The lowest BCUT2D eigenvalue weighted by Crippen LogP contribution is -2.13. The number of benzene rings is 1. The summed E-state index contributed by atoms with van der Waals surface area (Å²) in [5.41, 5.74) is 0.728. The van der Waals surface area contributed by atoms with E-state index in [0.29, 0.717) is 22.9 Å². The highest BCUT2D eigenvalue weighted by Crippen LogP contribution is 2.35. The van der Waals surface area contributed by atoms with Crippen molar-refractivity contribution in [3.63, 3.8) is 0 Å².